The number of hydrogen-bond acceptors (Lipinski definition) is 4. The molecule has 1 rings (SSSR count). The minimum absolute atomic E-state index is 0.291. The van der Waals surface area contributed by atoms with E-state index < -0.39 is 11.2 Å². The van der Waals surface area contributed by atoms with Crippen molar-refractivity contribution in [3.05, 3.63) is 11.2 Å². The zero-order valence-corrected chi connectivity index (χ0v) is 8.24. The Morgan fingerprint density at radius 1 is 1.58 bits per heavy atom. The second-order valence-corrected chi connectivity index (χ2v) is 3.77. The topological polar surface area (TPSA) is 60.9 Å². The van der Waals surface area contributed by atoms with Crippen LogP contribution in [-0.4, -0.2) is 27.8 Å². The summed E-state index contributed by atoms with van der Waals surface area (Å²) >= 11 is 4.52. The zero-order chi connectivity index (χ0) is 9.14. The van der Waals surface area contributed by atoms with Crippen molar-refractivity contribution in [2.24, 2.45) is 0 Å². The molecule has 0 aromatic carbocycles. The Balaban J connectivity index is 3.06. The van der Waals surface area contributed by atoms with E-state index in [1.807, 2.05) is 0 Å². The molecule has 0 amide bonds. The van der Waals surface area contributed by atoms with Crippen molar-refractivity contribution in [3.63, 3.8) is 0 Å². The van der Waals surface area contributed by atoms with Crippen LogP contribution in [0.4, 0.5) is 5.95 Å². The Hall–Kier alpha value is -0.520. The molecule has 12 heavy (non-hydrogen) atoms. The van der Waals surface area contributed by atoms with E-state index in [0.29, 0.717) is 16.1 Å². The van der Waals surface area contributed by atoms with E-state index in [2.05, 4.69) is 15.3 Å². The molecule has 0 spiro atoms. The van der Waals surface area contributed by atoms with E-state index in [0.717, 1.165) is 0 Å². The van der Waals surface area contributed by atoms with Crippen LogP contribution in [0, 0.1) is 0 Å². The van der Waals surface area contributed by atoms with Crippen LogP contribution >= 0.6 is 11.6 Å². The van der Waals surface area contributed by atoms with Gasteiger partial charge in [-0.25, -0.2) is 4.98 Å². The maximum Gasteiger partial charge on any atom is 0.250 e. The third kappa shape index (κ3) is 2.23. The second kappa shape index (κ2) is 3.93. The molecule has 1 unspecified atom stereocenters. The van der Waals surface area contributed by atoms with E-state index >= 15 is 0 Å². The molecule has 0 radical (unpaired) electrons. The van der Waals surface area contributed by atoms with Crippen molar-refractivity contribution in [2.45, 2.75) is 5.03 Å². The fourth-order valence-electron chi connectivity index (χ4n) is 0.656. The molecular formula is C6H8ClN3OS. The Morgan fingerprint density at radius 2 is 2.25 bits per heavy atom. The molecule has 1 aromatic rings. The highest BCUT2D eigenvalue weighted by atomic mass is 35.5. The largest absolute Gasteiger partial charge is 0.610 e. The minimum atomic E-state index is -1.13. The molecule has 6 heteroatoms. The van der Waals surface area contributed by atoms with Gasteiger partial charge in [0.1, 0.15) is 11.4 Å². The first-order chi connectivity index (χ1) is 5.63. The fourth-order valence-corrected chi connectivity index (χ4v) is 1.40. The van der Waals surface area contributed by atoms with Crippen LogP contribution in [0.15, 0.2) is 11.1 Å². The normalized spacial score (nSPS) is 12.7. The molecule has 0 bridgehead atoms. The lowest BCUT2D eigenvalue weighted by molar-refractivity contribution is 0.597. The molecular weight excluding hydrogens is 198 g/mol. The van der Waals surface area contributed by atoms with Gasteiger partial charge in [0.15, 0.2) is 0 Å². The highest BCUT2D eigenvalue weighted by Gasteiger charge is 2.09. The quantitative estimate of drug-likeness (QED) is 0.576. The summed E-state index contributed by atoms with van der Waals surface area (Å²) in [5.74, 6) is 0.382. The third-order valence-electron chi connectivity index (χ3n) is 1.19. The molecule has 0 fully saturated rings. The summed E-state index contributed by atoms with van der Waals surface area (Å²) in [6, 6.07) is 1.48. The van der Waals surface area contributed by atoms with Gasteiger partial charge < -0.3 is 9.87 Å². The lowest BCUT2D eigenvalue weighted by Crippen LogP contribution is -2.05. The number of nitrogens with one attached hydrogen (secondary N) is 1. The molecule has 0 saturated carbocycles. The third-order valence-corrected chi connectivity index (χ3v) is 2.18. The van der Waals surface area contributed by atoms with E-state index in [9.17, 15) is 4.55 Å². The van der Waals surface area contributed by atoms with Crippen molar-refractivity contribution >= 4 is 28.7 Å². The fraction of sp³-hybridized carbons (Fsp3) is 0.333. The smallest absolute Gasteiger partial charge is 0.250 e. The summed E-state index contributed by atoms with van der Waals surface area (Å²) in [6.07, 6.45) is 1.54. The Morgan fingerprint density at radius 3 is 2.75 bits per heavy atom. The van der Waals surface area contributed by atoms with Crippen molar-refractivity contribution in [3.8, 4) is 0 Å². The average Bonchev–Trinajstić information content (AvgIpc) is 2.03. The van der Waals surface area contributed by atoms with Crippen LogP contribution in [0.2, 0.25) is 5.15 Å². The molecule has 1 atom stereocenters. The second-order valence-electron chi connectivity index (χ2n) is 2.06. The highest BCUT2D eigenvalue weighted by Crippen LogP contribution is 2.13. The maximum absolute atomic E-state index is 11.0. The van der Waals surface area contributed by atoms with Crippen molar-refractivity contribution < 1.29 is 4.55 Å². The van der Waals surface area contributed by atoms with Gasteiger partial charge in [-0.2, -0.15) is 4.98 Å². The Kier molecular flexibility index (Phi) is 3.13. The first-order valence-electron chi connectivity index (χ1n) is 3.19. The van der Waals surface area contributed by atoms with Gasteiger partial charge in [-0.1, -0.05) is 11.6 Å². The van der Waals surface area contributed by atoms with Crippen LogP contribution in [0.3, 0.4) is 0 Å². The van der Waals surface area contributed by atoms with Gasteiger partial charge in [-0.05, 0) is 0 Å². The molecule has 0 aliphatic heterocycles. The first kappa shape index (κ1) is 9.57. The summed E-state index contributed by atoms with van der Waals surface area (Å²) in [5.41, 5.74) is 0. The van der Waals surface area contributed by atoms with Gasteiger partial charge >= 0.3 is 0 Å². The Labute approximate surface area is 78.5 Å². The zero-order valence-electron chi connectivity index (χ0n) is 6.67. The lowest BCUT2D eigenvalue weighted by atomic mass is 10.7. The summed E-state index contributed by atoms with van der Waals surface area (Å²) < 4.78 is 11.0. The van der Waals surface area contributed by atoms with Crippen LogP contribution in [0.25, 0.3) is 0 Å². The molecule has 0 aliphatic rings. The number of anilines is 1. The number of halogens is 1. The summed E-state index contributed by atoms with van der Waals surface area (Å²) in [4.78, 5) is 7.79. The Bertz CT molecular complexity index is 281. The average molecular weight is 206 g/mol. The predicted octanol–water partition coefficient (Wildman–Crippen LogP) is 0.909. The van der Waals surface area contributed by atoms with Crippen LogP contribution in [0.1, 0.15) is 0 Å². The van der Waals surface area contributed by atoms with E-state index in [-0.39, 0.29) is 0 Å². The molecule has 0 saturated heterocycles. The van der Waals surface area contributed by atoms with Crippen LogP contribution in [-0.2, 0) is 11.2 Å². The van der Waals surface area contributed by atoms with Gasteiger partial charge in [-0.15, -0.1) is 0 Å². The van der Waals surface area contributed by atoms with E-state index in [4.69, 9.17) is 11.6 Å². The van der Waals surface area contributed by atoms with Crippen molar-refractivity contribution in [1.82, 2.24) is 9.97 Å². The van der Waals surface area contributed by atoms with Crippen molar-refractivity contribution in [2.75, 3.05) is 18.6 Å². The van der Waals surface area contributed by atoms with Gasteiger partial charge in [0.25, 0.3) is 5.03 Å². The first-order valence-corrected chi connectivity index (χ1v) is 5.13. The maximum atomic E-state index is 11.0. The van der Waals surface area contributed by atoms with E-state index in [1.165, 1.54) is 12.3 Å². The predicted molar refractivity (Wildman–Crippen MR) is 48.9 cm³/mol. The molecule has 0 aliphatic carbocycles. The minimum Gasteiger partial charge on any atom is -0.610 e. The van der Waals surface area contributed by atoms with Gasteiger partial charge in [0.05, 0.1) is 6.07 Å². The van der Waals surface area contributed by atoms with Gasteiger partial charge in [-0.3, -0.25) is 0 Å². The van der Waals surface area contributed by atoms with Gasteiger partial charge in [0, 0.05) is 18.2 Å². The summed E-state index contributed by atoms with van der Waals surface area (Å²) in [6.45, 7) is 0. The lowest BCUT2D eigenvalue weighted by Gasteiger charge is -2.04. The summed E-state index contributed by atoms with van der Waals surface area (Å²) in [7, 11) is 1.67. The summed E-state index contributed by atoms with van der Waals surface area (Å²) in [5, 5.41) is 3.44. The van der Waals surface area contributed by atoms with Gasteiger partial charge in [0.2, 0.25) is 5.95 Å². The monoisotopic (exact) mass is 205 g/mol. The molecule has 4 nitrogen and oxygen atoms in total. The van der Waals surface area contributed by atoms with Crippen LogP contribution in [0.5, 0.6) is 0 Å². The molecule has 1 N–H and O–H groups in total. The van der Waals surface area contributed by atoms with Crippen LogP contribution < -0.4 is 5.32 Å². The number of nitrogens with zero attached hydrogens (tertiary/aromatic N) is 2. The number of hydrogen-bond donors (Lipinski definition) is 1. The SMILES string of the molecule is CNc1nc(Cl)cc([S+](C)[O-])n1. The molecule has 66 valence electrons. The van der Waals surface area contributed by atoms with E-state index in [1.54, 1.807) is 7.05 Å². The number of rotatable bonds is 2. The number of aromatic nitrogens is 2. The molecule has 1 heterocycles. The van der Waals surface area contributed by atoms with Crippen molar-refractivity contribution in [1.29, 1.82) is 0 Å². The standard InChI is InChI=1S/C6H8ClN3OS/c1-8-6-9-4(7)3-5(10-6)12(2)11/h3H,1-2H3,(H,8,9,10). The highest BCUT2D eigenvalue weighted by molar-refractivity contribution is 7.90. The molecule has 1 aromatic heterocycles.